The molecule has 37 heavy (non-hydrogen) atoms. The molecule has 5 rings (SSSR count). The number of hydrogen-bond donors (Lipinski definition) is 0. The fraction of sp³-hybridized carbons (Fsp3) is 0.241. The highest BCUT2D eigenvalue weighted by atomic mass is 19.1. The summed E-state index contributed by atoms with van der Waals surface area (Å²) >= 11 is 0. The number of ether oxygens (including phenoxy) is 4. The van der Waals surface area contributed by atoms with Gasteiger partial charge in [-0.2, -0.15) is 0 Å². The Kier molecular flexibility index (Phi) is 6.56. The van der Waals surface area contributed by atoms with Crippen LogP contribution in [0.1, 0.15) is 21.5 Å². The number of methoxy groups -OCH3 is 3. The molecule has 0 unspecified atom stereocenters. The van der Waals surface area contributed by atoms with Gasteiger partial charge in [-0.1, -0.05) is 12.1 Å². The molecule has 0 saturated heterocycles. The van der Waals surface area contributed by atoms with Gasteiger partial charge in [0.1, 0.15) is 12.4 Å². The normalized spacial score (nSPS) is 12.9. The Labute approximate surface area is 214 Å². The Morgan fingerprint density at radius 1 is 0.973 bits per heavy atom. The number of carbonyl (C=O) groups excluding carboxylic acids is 1. The van der Waals surface area contributed by atoms with Crippen molar-refractivity contribution >= 4 is 16.8 Å². The molecule has 4 aromatic rings. The van der Waals surface area contributed by atoms with Crippen LogP contribution in [0.25, 0.3) is 22.2 Å². The fourth-order valence-corrected chi connectivity index (χ4v) is 4.63. The van der Waals surface area contributed by atoms with Gasteiger partial charge in [0.15, 0.2) is 23.0 Å². The molecule has 0 spiro atoms. The van der Waals surface area contributed by atoms with E-state index >= 15 is 0 Å². The van der Waals surface area contributed by atoms with Crippen LogP contribution in [0.3, 0.4) is 0 Å². The number of halogens is 1. The van der Waals surface area contributed by atoms with Crippen molar-refractivity contribution in [1.82, 2.24) is 9.88 Å². The largest absolute Gasteiger partial charge is 0.493 e. The summed E-state index contributed by atoms with van der Waals surface area (Å²) in [4.78, 5) is 19.6. The second kappa shape index (κ2) is 9.97. The van der Waals surface area contributed by atoms with Crippen LogP contribution in [0.15, 0.2) is 54.6 Å². The Balaban J connectivity index is 1.58. The molecule has 1 aliphatic heterocycles. The number of fused-ring (bicyclic) bond motifs is 2. The van der Waals surface area contributed by atoms with Crippen LogP contribution in [0.2, 0.25) is 0 Å². The molecule has 1 aromatic heterocycles. The van der Waals surface area contributed by atoms with E-state index in [2.05, 4.69) is 0 Å². The van der Waals surface area contributed by atoms with Gasteiger partial charge in [-0.25, -0.2) is 9.37 Å². The fourth-order valence-electron chi connectivity index (χ4n) is 4.63. The summed E-state index contributed by atoms with van der Waals surface area (Å²) < 4.78 is 36.9. The van der Waals surface area contributed by atoms with Crippen molar-refractivity contribution in [1.29, 1.82) is 0 Å². The highest BCUT2D eigenvalue weighted by Crippen LogP contribution is 2.40. The Bertz CT molecular complexity index is 1500. The second-order valence-corrected chi connectivity index (χ2v) is 8.77. The quantitative estimate of drug-likeness (QED) is 0.364. The van der Waals surface area contributed by atoms with Gasteiger partial charge in [-0.15, -0.1) is 0 Å². The molecule has 0 saturated carbocycles. The third kappa shape index (κ3) is 4.50. The van der Waals surface area contributed by atoms with Crippen LogP contribution < -0.4 is 18.9 Å². The first kappa shape index (κ1) is 24.4. The molecule has 190 valence electrons. The van der Waals surface area contributed by atoms with Crippen molar-refractivity contribution < 1.29 is 28.1 Å². The van der Waals surface area contributed by atoms with Gasteiger partial charge in [-0.3, -0.25) is 4.79 Å². The molecule has 1 amide bonds. The van der Waals surface area contributed by atoms with Crippen molar-refractivity contribution in [2.45, 2.75) is 13.5 Å². The third-order valence-electron chi connectivity index (χ3n) is 6.53. The van der Waals surface area contributed by atoms with Gasteiger partial charge in [-0.05, 0) is 48.9 Å². The number of benzene rings is 3. The van der Waals surface area contributed by atoms with Crippen LogP contribution in [0.5, 0.6) is 23.0 Å². The zero-order valence-corrected chi connectivity index (χ0v) is 21.1. The first-order chi connectivity index (χ1) is 17.9. The molecule has 0 radical (unpaired) electrons. The number of aryl methyl sites for hydroxylation is 1. The van der Waals surface area contributed by atoms with Gasteiger partial charge in [0, 0.05) is 29.1 Å². The number of amides is 1. The second-order valence-electron chi connectivity index (χ2n) is 8.77. The van der Waals surface area contributed by atoms with Gasteiger partial charge >= 0.3 is 0 Å². The minimum absolute atomic E-state index is 0.0327. The van der Waals surface area contributed by atoms with E-state index in [1.165, 1.54) is 12.1 Å². The number of pyridine rings is 1. The summed E-state index contributed by atoms with van der Waals surface area (Å²) in [6.07, 6.45) is 0. The van der Waals surface area contributed by atoms with Crippen LogP contribution in [-0.2, 0) is 6.54 Å². The summed E-state index contributed by atoms with van der Waals surface area (Å²) in [7, 11) is 4.77. The summed E-state index contributed by atoms with van der Waals surface area (Å²) in [5, 5.41) is 0.952. The molecule has 0 bridgehead atoms. The number of hydrogen-bond acceptors (Lipinski definition) is 6. The average Bonchev–Trinajstić information content (AvgIpc) is 3.14. The van der Waals surface area contributed by atoms with E-state index in [4.69, 9.17) is 23.9 Å². The highest BCUT2D eigenvalue weighted by Gasteiger charge is 2.26. The summed E-state index contributed by atoms with van der Waals surface area (Å²) in [5.41, 5.74) is 4.10. The molecule has 1 aliphatic rings. The van der Waals surface area contributed by atoms with Crippen molar-refractivity contribution in [2.24, 2.45) is 0 Å². The van der Waals surface area contributed by atoms with Gasteiger partial charge in [0.25, 0.3) is 5.91 Å². The molecular formula is C29H27FN2O5. The number of carbonyl (C=O) groups is 1. The molecule has 2 heterocycles. The minimum Gasteiger partial charge on any atom is -0.493 e. The van der Waals surface area contributed by atoms with Crippen LogP contribution in [0.4, 0.5) is 4.39 Å². The summed E-state index contributed by atoms with van der Waals surface area (Å²) in [6, 6.07) is 15.6. The molecule has 0 atom stereocenters. The van der Waals surface area contributed by atoms with E-state index in [-0.39, 0.29) is 24.6 Å². The average molecular weight is 503 g/mol. The van der Waals surface area contributed by atoms with E-state index in [1.54, 1.807) is 38.4 Å². The first-order valence-electron chi connectivity index (χ1n) is 11.8. The lowest BCUT2D eigenvalue weighted by atomic mass is 10.0. The molecule has 0 N–H and O–H groups in total. The molecule has 3 aromatic carbocycles. The Hall–Kier alpha value is -4.33. The van der Waals surface area contributed by atoms with Crippen LogP contribution in [0, 0.1) is 12.7 Å². The van der Waals surface area contributed by atoms with Gasteiger partial charge in [0.05, 0.1) is 44.6 Å². The molecule has 8 heteroatoms. The third-order valence-corrected chi connectivity index (χ3v) is 6.53. The van der Waals surface area contributed by atoms with Crippen molar-refractivity contribution in [3.63, 3.8) is 0 Å². The van der Waals surface area contributed by atoms with Crippen molar-refractivity contribution in [3.05, 3.63) is 77.1 Å². The smallest absolute Gasteiger partial charge is 0.257 e. The highest BCUT2D eigenvalue weighted by molar-refractivity contribution is 5.94. The van der Waals surface area contributed by atoms with E-state index < -0.39 is 5.82 Å². The summed E-state index contributed by atoms with van der Waals surface area (Å²) in [5.74, 6) is 1.40. The van der Waals surface area contributed by atoms with Crippen LogP contribution >= 0.6 is 0 Å². The monoisotopic (exact) mass is 502 g/mol. The molecule has 0 fully saturated rings. The maximum Gasteiger partial charge on any atom is 0.257 e. The van der Waals surface area contributed by atoms with Gasteiger partial charge in [0.2, 0.25) is 0 Å². The summed E-state index contributed by atoms with van der Waals surface area (Å²) in [6.45, 7) is 2.83. The van der Waals surface area contributed by atoms with Crippen molar-refractivity contribution in [2.75, 3.05) is 34.5 Å². The predicted octanol–water partition coefficient (Wildman–Crippen LogP) is 5.41. The maximum absolute atomic E-state index is 14.3. The topological polar surface area (TPSA) is 70.1 Å². The molecule has 7 nitrogen and oxygen atoms in total. The lowest BCUT2D eigenvalue weighted by Crippen LogP contribution is -2.33. The Morgan fingerprint density at radius 3 is 2.43 bits per heavy atom. The molecular weight excluding hydrogens is 475 g/mol. The van der Waals surface area contributed by atoms with E-state index in [0.717, 1.165) is 33.3 Å². The zero-order valence-electron chi connectivity index (χ0n) is 21.1. The first-order valence-corrected chi connectivity index (χ1v) is 11.8. The van der Waals surface area contributed by atoms with Gasteiger partial charge < -0.3 is 23.8 Å². The lowest BCUT2D eigenvalue weighted by Gasteiger charge is -2.20. The maximum atomic E-state index is 14.3. The minimum atomic E-state index is -0.549. The van der Waals surface area contributed by atoms with E-state index in [0.29, 0.717) is 29.5 Å². The Morgan fingerprint density at radius 2 is 1.70 bits per heavy atom. The predicted molar refractivity (Wildman–Crippen MR) is 138 cm³/mol. The molecule has 0 aliphatic carbocycles. The number of nitrogens with zero attached hydrogens (tertiary/aromatic N) is 2. The van der Waals surface area contributed by atoms with Crippen molar-refractivity contribution in [3.8, 4) is 34.3 Å². The zero-order chi connectivity index (χ0) is 26.1. The van der Waals surface area contributed by atoms with Crippen LogP contribution in [-0.4, -0.2) is 50.3 Å². The number of aromatic nitrogens is 1. The van der Waals surface area contributed by atoms with E-state index in [9.17, 15) is 9.18 Å². The lowest BCUT2D eigenvalue weighted by molar-refractivity contribution is 0.0728. The number of rotatable bonds is 5. The van der Waals surface area contributed by atoms with E-state index in [1.807, 2.05) is 37.3 Å². The SMILES string of the molecule is COc1cc2nc(-c3cc4c(c(OC)c3)OCCN(C(=O)c3ccccc3F)C4)cc(C)c2cc1OC. The standard InChI is InChI=1S/C29H27FN2O5/c1-17-11-23(31-24-15-26(35-3)25(34-2)14-21(17)24)18-12-19-16-32(9-10-37-28(19)27(13-18)36-4)29(33)20-7-5-6-8-22(20)30/h5-8,11-15H,9-10,16H2,1-4H3.